The molecule has 0 saturated carbocycles. The molecule has 0 aliphatic carbocycles. The number of carbonyl (C=O) groups is 8. The Labute approximate surface area is 447 Å². The number of fused-ring (bicyclic) bond motifs is 4. The maximum absolute atomic E-state index is 14.8. The third kappa shape index (κ3) is 13.9. The molecule has 7 rings (SSSR count). The zero-order chi connectivity index (χ0) is 56.0. The summed E-state index contributed by atoms with van der Waals surface area (Å²) in [6.45, 7) is 9.37. The highest BCUT2D eigenvalue weighted by Gasteiger charge is 2.58. The van der Waals surface area contributed by atoms with Crippen molar-refractivity contribution in [3.05, 3.63) is 65.9 Å². The molecule has 416 valence electrons. The van der Waals surface area contributed by atoms with Crippen LogP contribution in [-0.2, 0) is 80.9 Å². The van der Waals surface area contributed by atoms with E-state index in [-0.39, 0.29) is 29.8 Å². The Morgan fingerprint density at radius 3 is 1.77 bits per heavy atom. The van der Waals surface area contributed by atoms with Crippen molar-refractivity contribution in [3.63, 3.8) is 0 Å². The van der Waals surface area contributed by atoms with Crippen LogP contribution in [0.4, 0.5) is 5.69 Å². The van der Waals surface area contributed by atoms with Gasteiger partial charge in [-0.25, -0.2) is 0 Å². The Morgan fingerprint density at radius 2 is 1.19 bits per heavy atom. The fourth-order valence-electron chi connectivity index (χ4n) is 9.51. The van der Waals surface area contributed by atoms with Gasteiger partial charge >= 0.3 is 41.8 Å². The van der Waals surface area contributed by atoms with Gasteiger partial charge in [-0.05, 0) is 56.2 Å². The van der Waals surface area contributed by atoms with Crippen LogP contribution >= 0.6 is 11.6 Å². The minimum Gasteiger partial charge on any atom is -0.492 e. The van der Waals surface area contributed by atoms with Gasteiger partial charge in [0.2, 0.25) is 12.4 Å². The number of carbonyl (C=O) groups excluding carboxylic acids is 8. The third-order valence-electron chi connectivity index (χ3n) is 12.6. The number of H-pyrrole nitrogens is 1. The molecule has 4 aromatic rings. The molecular weight excluding hydrogens is 1030 g/mol. The van der Waals surface area contributed by atoms with Gasteiger partial charge in [0.05, 0.1) is 5.69 Å². The molecule has 1 N–H and O–H groups in total. The summed E-state index contributed by atoms with van der Waals surface area (Å²) in [7, 11) is 3.89. The number of hydrogen-bond acceptors (Lipinski definition) is 21. The number of aromatic nitrogens is 1. The third-order valence-corrected chi connectivity index (χ3v) is 12.9. The van der Waals surface area contributed by atoms with E-state index in [0.717, 1.165) is 59.4 Å². The molecule has 2 saturated heterocycles. The highest BCUT2D eigenvalue weighted by atomic mass is 35.5. The van der Waals surface area contributed by atoms with Gasteiger partial charge in [0.25, 0.3) is 5.91 Å². The van der Waals surface area contributed by atoms with Crippen molar-refractivity contribution in [1.29, 1.82) is 0 Å². The smallest absolute Gasteiger partial charge is 0.303 e. The second-order valence-corrected chi connectivity index (χ2v) is 19.6. The second-order valence-electron chi connectivity index (χ2n) is 18.9. The molecule has 0 bridgehead atoms. The molecule has 0 unspecified atom stereocenters. The quantitative estimate of drug-likeness (QED) is 0.0761. The van der Waals surface area contributed by atoms with E-state index >= 15 is 0 Å². The number of amides is 1. The van der Waals surface area contributed by atoms with E-state index in [4.69, 9.17) is 68.4 Å². The zero-order valence-electron chi connectivity index (χ0n) is 44.1. The van der Waals surface area contributed by atoms with Crippen LogP contribution in [0.2, 0.25) is 0 Å². The fraction of sp³-hybridized carbons (Fsp3) is 0.509. The lowest BCUT2D eigenvalue weighted by Crippen LogP contribution is -2.67. The van der Waals surface area contributed by atoms with E-state index < -0.39 is 122 Å². The molecule has 1 amide bonds. The molecule has 3 aromatic carbocycles. The topological polar surface area (TPSA) is 270 Å². The SMILES string of the molecule is CC(=O)OC[C@H]1O[C@@H](O[C@H]2[C@H](OC(C)=O)[C@@H](OC(C)=O)[C@@H](Oc3cc4c(c5ccccc35)[C@H]([C@@H](C)Cl)CN4C(=O)c3cc4cc(OCCN(C)C)ccc4[nH]3)O[C@@H]2COC(C)=O)[C@H](OC(C)=O)[C@@H](OC(C)=O)[C@H]1OC(C)=O. The first-order valence-electron chi connectivity index (χ1n) is 24.7. The highest BCUT2D eigenvalue weighted by Crippen LogP contribution is 2.48. The number of ether oxygens (including phenoxy) is 12. The van der Waals surface area contributed by atoms with E-state index in [1.54, 1.807) is 29.2 Å². The summed E-state index contributed by atoms with van der Waals surface area (Å²) in [4.78, 5) is 110. The molecule has 3 aliphatic heterocycles. The van der Waals surface area contributed by atoms with Crippen LogP contribution in [0.5, 0.6) is 11.5 Å². The molecule has 12 atom stereocenters. The zero-order valence-corrected chi connectivity index (χ0v) is 44.9. The van der Waals surface area contributed by atoms with Gasteiger partial charge in [-0.2, -0.15) is 0 Å². The minimum absolute atomic E-state index is 0.102. The lowest BCUT2D eigenvalue weighted by molar-refractivity contribution is -0.354. The number of esters is 7. The largest absolute Gasteiger partial charge is 0.492 e. The molecule has 24 heteroatoms. The monoisotopic (exact) mass is 1100 g/mol. The van der Waals surface area contributed by atoms with Crippen LogP contribution < -0.4 is 14.4 Å². The normalized spacial score (nSPS) is 25.2. The Hall–Kier alpha value is -7.05. The van der Waals surface area contributed by atoms with Crippen molar-refractivity contribution in [1.82, 2.24) is 9.88 Å². The summed E-state index contributed by atoms with van der Waals surface area (Å²) >= 11 is 6.92. The molecular formula is C53H62ClN3O20. The lowest BCUT2D eigenvalue weighted by atomic mass is 9.92. The van der Waals surface area contributed by atoms with Gasteiger partial charge in [-0.1, -0.05) is 24.3 Å². The van der Waals surface area contributed by atoms with Gasteiger partial charge in [-0.3, -0.25) is 38.4 Å². The number of alkyl halides is 1. The maximum Gasteiger partial charge on any atom is 0.303 e. The summed E-state index contributed by atoms with van der Waals surface area (Å²) in [5.74, 6) is -6.18. The van der Waals surface area contributed by atoms with Gasteiger partial charge in [0.1, 0.15) is 55.3 Å². The van der Waals surface area contributed by atoms with Crippen LogP contribution in [0.25, 0.3) is 21.7 Å². The molecule has 0 radical (unpaired) electrons. The van der Waals surface area contributed by atoms with E-state index in [2.05, 4.69) is 4.98 Å². The molecule has 3 aliphatic rings. The van der Waals surface area contributed by atoms with Gasteiger partial charge < -0.3 is 71.6 Å². The number of likely N-dealkylation sites (N-methyl/N-ethyl adjacent to an activating group) is 1. The summed E-state index contributed by atoms with van der Waals surface area (Å²) in [6.07, 6.45) is -16.9. The average molecular weight is 1100 g/mol. The minimum atomic E-state index is -1.89. The van der Waals surface area contributed by atoms with Crippen molar-refractivity contribution < 1.29 is 95.2 Å². The molecule has 23 nitrogen and oxygen atoms in total. The molecule has 2 fully saturated rings. The van der Waals surface area contributed by atoms with E-state index in [1.165, 1.54) is 0 Å². The molecule has 1 aromatic heterocycles. The predicted octanol–water partition coefficient (Wildman–Crippen LogP) is 4.63. The van der Waals surface area contributed by atoms with E-state index in [1.807, 2.05) is 56.3 Å². The van der Waals surface area contributed by atoms with Crippen molar-refractivity contribution >= 4 is 86.7 Å². The van der Waals surface area contributed by atoms with Gasteiger partial charge in [0.15, 0.2) is 30.7 Å². The fourth-order valence-corrected chi connectivity index (χ4v) is 9.72. The van der Waals surface area contributed by atoms with Crippen LogP contribution in [0.3, 0.4) is 0 Å². The lowest BCUT2D eigenvalue weighted by Gasteiger charge is -2.48. The molecule has 77 heavy (non-hydrogen) atoms. The van der Waals surface area contributed by atoms with Crippen LogP contribution in [0, 0.1) is 0 Å². The van der Waals surface area contributed by atoms with E-state index in [0.29, 0.717) is 40.9 Å². The Kier molecular flexibility index (Phi) is 18.7. The Balaban J connectivity index is 1.31. The van der Waals surface area contributed by atoms with Gasteiger partial charge in [-0.15, -0.1) is 11.6 Å². The Morgan fingerprint density at radius 1 is 0.662 bits per heavy atom. The number of nitrogens with one attached hydrogen (secondary N) is 1. The Bertz CT molecular complexity index is 2870. The van der Waals surface area contributed by atoms with Crippen molar-refractivity contribution in [2.45, 2.75) is 128 Å². The summed E-state index contributed by atoms with van der Waals surface area (Å²) in [6, 6.07) is 16.0. The summed E-state index contributed by atoms with van der Waals surface area (Å²) < 4.78 is 71.2. The number of rotatable bonds is 19. The first kappa shape index (κ1) is 57.7. The summed E-state index contributed by atoms with van der Waals surface area (Å²) in [5, 5.41) is 1.44. The molecule has 4 heterocycles. The average Bonchev–Trinajstić information content (AvgIpc) is 4.07. The first-order valence-corrected chi connectivity index (χ1v) is 25.1. The number of halogens is 1. The second kappa shape index (κ2) is 25.0. The first-order chi connectivity index (χ1) is 36.5. The number of benzene rings is 3. The maximum atomic E-state index is 14.8. The number of hydrogen-bond donors (Lipinski definition) is 1. The number of anilines is 1. The van der Waals surface area contributed by atoms with Crippen LogP contribution in [-0.4, -0.2) is 171 Å². The van der Waals surface area contributed by atoms with E-state index in [9.17, 15) is 38.4 Å². The van der Waals surface area contributed by atoms with Crippen molar-refractivity contribution in [2.75, 3.05) is 51.9 Å². The standard InChI is InChI=1S/C53H62ClN3O20/c1-25(54)37-22-57(51(65)39-20-33-19-34(15-16-38(33)55-39)66-18-17-56(9)10)40-21-41(35-13-11-12-14-36(35)44(37)40)74-52-49(72-31(7)63)48(71-30(6)62)46(43(75-52)24-68-27(3)59)77-53-50(73-32(8)64)47(70-29(5)61)45(69-28(4)60)42(76-53)23-67-26(2)58/h11-16,19-21,25,37,42-43,45-50,52-53,55H,17-18,22-24H2,1-10H3/t25-,37+,42-,43-,45+,46-,47+,48+,49-,50-,52+,53+/m1/s1. The summed E-state index contributed by atoms with van der Waals surface area (Å²) in [5.41, 5.74) is 2.16. The van der Waals surface area contributed by atoms with Crippen molar-refractivity contribution in [2.24, 2.45) is 0 Å². The highest BCUT2D eigenvalue weighted by molar-refractivity contribution is 6.22. The van der Waals surface area contributed by atoms with Crippen molar-refractivity contribution in [3.8, 4) is 11.5 Å². The van der Waals surface area contributed by atoms with Crippen LogP contribution in [0.15, 0.2) is 54.6 Å². The number of aromatic amines is 1. The van der Waals surface area contributed by atoms with Crippen LogP contribution in [0.1, 0.15) is 77.4 Å². The predicted molar refractivity (Wildman–Crippen MR) is 270 cm³/mol. The van der Waals surface area contributed by atoms with Gasteiger partial charge in [0, 0.05) is 95.2 Å². The molecule has 0 spiro atoms. The number of nitrogens with zero attached hydrogens (tertiary/aromatic N) is 2.